The van der Waals surface area contributed by atoms with Crippen molar-refractivity contribution in [3.05, 3.63) is 29.8 Å². The molecule has 0 saturated heterocycles. The van der Waals surface area contributed by atoms with Crippen molar-refractivity contribution in [2.45, 2.75) is 25.7 Å². The highest BCUT2D eigenvalue weighted by Gasteiger charge is 2.28. The molecule has 0 spiro atoms. The summed E-state index contributed by atoms with van der Waals surface area (Å²) in [6, 6.07) is 3.82. The molecule has 0 atom stereocenters. The van der Waals surface area contributed by atoms with Crippen LogP contribution in [0.25, 0.3) is 11.5 Å². The Hall–Kier alpha value is -1.84. The lowest BCUT2D eigenvalue weighted by atomic mass is 10.2. The van der Waals surface area contributed by atoms with Crippen molar-refractivity contribution in [2.75, 3.05) is 12.4 Å². The maximum absolute atomic E-state index is 5.44. The van der Waals surface area contributed by atoms with E-state index in [4.69, 9.17) is 4.42 Å². The van der Waals surface area contributed by atoms with Crippen molar-refractivity contribution in [3.63, 3.8) is 0 Å². The Labute approximate surface area is 100 Å². The fourth-order valence-electron chi connectivity index (χ4n) is 1.95. The summed E-state index contributed by atoms with van der Waals surface area (Å²) in [5.74, 6) is 3.18. The zero-order chi connectivity index (χ0) is 11.8. The SMILES string of the molecule is CNc1nc(C2CC2)nc(-c2ccco2)c1C. The third-order valence-electron chi connectivity index (χ3n) is 3.10. The zero-order valence-corrected chi connectivity index (χ0v) is 10.0. The van der Waals surface area contributed by atoms with Crippen LogP contribution in [0.2, 0.25) is 0 Å². The molecule has 17 heavy (non-hydrogen) atoms. The molecule has 0 amide bonds. The molecule has 0 aliphatic heterocycles. The van der Waals surface area contributed by atoms with E-state index < -0.39 is 0 Å². The van der Waals surface area contributed by atoms with Crippen molar-refractivity contribution >= 4 is 5.82 Å². The molecule has 2 aromatic rings. The number of nitrogens with one attached hydrogen (secondary N) is 1. The van der Waals surface area contributed by atoms with Crippen LogP contribution in [0.15, 0.2) is 22.8 Å². The molecule has 0 radical (unpaired) electrons. The Bertz CT molecular complexity index is 530. The zero-order valence-electron chi connectivity index (χ0n) is 10.0. The molecule has 1 aliphatic rings. The van der Waals surface area contributed by atoms with Gasteiger partial charge in [-0.25, -0.2) is 9.97 Å². The second-order valence-electron chi connectivity index (χ2n) is 4.41. The first-order valence-corrected chi connectivity index (χ1v) is 5.89. The smallest absolute Gasteiger partial charge is 0.152 e. The summed E-state index contributed by atoms with van der Waals surface area (Å²) >= 11 is 0. The first-order chi connectivity index (χ1) is 8.29. The Morgan fingerprint density at radius 2 is 2.18 bits per heavy atom. The molecule has 88 valence electrons. The van der Waals surface area contributed by atoms with Gasteiger partial charge in [0.1, 0.15) is 17.3 Å². The minimum atomic E-state index is 0.538. The molecule has 0 bridgehead atoms. The fourth-order valence-corrected chi connectivity index (χ4v) is 1.95. The van der Waals surface area contributed by atoms with Crippen molar-refractivity contribution in [2.24, 2.45) is 0 Å². The molecule has 1 saturated carbocycles. The minimum Gasteiger partial charge on any atom is -0.463 e. The average Bonchev–Trinajstić information content (AvgIpc) is 3.05. The van der Waals surface area contributed by atoms with Crippen LogP contribution >= 0.6 is 0 Å². The first-order valence-electron chi connectivity index (χ1n) is 5.89. The molecule has 3 rings (SSSR count). The maximum Gasteiger partial charge on any atom is 0.152 e. The largest absolute Gasteiger partial charge is 0.463 e. The van der Waals surface area contributed by atoms with E-state index >= 15 is 0 Å². The van der Waals surface area contributed by atoms with E-state index in [1.54, 1.807) is 6.26 Å². The summed E-state index contributed by atoms with van der Waals surface area (Å²) in [5, 5.41) is 3.13. The number of anilines is 1. The van der Waals surface area contributed by atoms with Crippen molar-refractivity contribution in [3.8, 4) is 11.5 Å². The molecule has 1 aliphatic carbocycles. The van der Waals surface area contributed by atoms with Gasteiger partial charge in [-0.05, 0) is 31.9 Å². The van der Waals surface area contributed by atoms with Gasteiger partial charge in [0, 0.05) is 18.5 Å². The number of hydrogen-bond acceptors (Lipinski definition) is 4. The maximum atomic E-state index is 5.44. The van der Waals surface area contributed by atoms with Crippen LogP contribution in [0.1, 0.15) is 30.1 Å². The van der Waals surface area contributed by atoms with Crippen LogP contribution in [0.3, 0.4) is 0 Å². The van der Waals surface area contributed by atoms with Gasteiger partial charge in [-0.1, -0.05) is 0 Å². The second kappa shape index (κ2) is 3.87. The van der Waals surface area contributed by atoms with E-state index in [2.05, 4.69) is 15.3 Å². The molecular formula is C13H15N3O. The summed E-state index contributed by atoms with van der Waals surface area (Å²) in [4.78, 5) is 9.20. The number of hydrogen-bond donors (Lipinski definition) is 1. The summed E-state index contributed by atoms with van der Waals surface area (Å²) in [7, 11) is 1.89. The molecule has 1 fully saturated rings. The van der Waals surface area contributed by atoms with Gasteiger partial charge < -0.3 is 9.73 Å². The van der Waals surface area contributed by atoms with Crippen LogP contribution in [0.4, 0.5) is 5.82 Å². The normalized spacial score (nSPS) is 14.9. The van der Waals surface area contributed by atoms with Crippen LogP contribution in [0, 0.1) is 6.92 Å². The molecule has 1 N–H and O–H groups in total. The van der Waals surface area contributed by atoms with E-state index in [0.29, 0.717) is 5.92 Å². The van der Waals surface area contributed by atoms with Crippen LogP contribution < -0.4 is 5.32 Å². The monoisotopic (exact) mass is 229 g/mol. The van der Waals surface area contributed by atoms with Crippen molar-refractivity contribution in [1.29, 1.82) is 0 Å². The standard InChI is InChI=1S/C13H15N3O/c1-8-11(10-4-3-7-17-10)15-13(9-5-6-9)16-12(8)14-2/h3-4,7,9H,5-6H2,1-2H3,(H,14,15,16). The molecular weight excluding hydrogens is 214 g/mol. The van der Waals surface area contributed by atoms with E-state index in [-0.39, 0.29) is 0 Å². The van der Waals surface area contributed by atoms with Gasteiger partial charge in [0.05, 0.1) is 6.26 Å². The molecule has 2 heterocycles. The third kappa shape index (κ3) is 1.79. The van der Waals surface area contributed by atoms with Crippen LogP contribution in [0.5, 0.6) is 0 Å². The summed E-state index contributed by atoms with van der Waals surface area (Å²) in [5.41, 5.74) is 1.93. The van der Waals surface area contributed by atoms with Crippen LogP contribution in [-0.4, -0.2) is 17.0 Å². The molecule has 0 aromatic carbocycles. The van der Waals surface area contributed by atoms with Gasteiger partial charge in [-0.2, -0.15) is 0 Å². The molecule has 2 aromatic heterocycles. The van der Waals surface area contributed by atoms with Crippen molar-refractivity contribution < 1.29 is 4.42 Å². The lowest BCUT2D eigenvalue weighted by Gasteiger charge is -2.10. The summed E-state index contributed by atoms with van der Waals surface area (Å²) in [6.07, 6.45) is 4.07. The Balaban J connectivity index is 2.15. The van der Waals surface area contributed by atoms with E-state index in [1.165, 1.54) is 12.8 Å². The number of rotatable bonds is 3. The van der Waals surface area contributed by atoms with Crippen molar-refractivity contribution in [1.82, 2.24) is 9.97 Å². The summed E-state index contributed by atoms with van der Waals surface area (Å²) in [6.45, 7) is 2.01. The highest BCUT2D eigenvalue weighted by Crippen LogP contribution is 2.40. The van der Waals surface area contributed by atoms with Gasteiger partial charge in [0.25, 0.3) is 0 Å². The molecule has 0 unspecified atom stereocenters. The quantitative estimate of drug-likeness (QED) is 0.879. The molecule has 4 nitrogen and oxygen atoms in total. The van der Waals surface area contributed by atoms with Gasteiger partial charge in [0.15, 0.2) is 5.76 Å². The third-order valence-corrected chi connectivity index (χ3v) is 3.10. The van der Waals surface area contributed by atoms with E-state index in [9.17, 15) is 0 Å². The van der Waals surface area contributed by atoms with E-state index in [1.807, 2.05) is 26.1 Å². The first kappa shape index (κ1) is 10.3. The Kier molecular flexibility index (Phi) is 2.35. The number of nitrogens with zero attached hydrogens (tertiary/aromatic N) is 2. The lowest BCUT2D eigenvalue weighted by Crippen LogP contribution is -2.04. The van der Waals surface area contributed by atoms with Gasteiger partial charge in [-0.15, -0.1) is 0 Å². The fraction of sp³-hybridized carbons (Fsp3) is 0.385. The predicted molar refractivity (Wildman–Crippen MR) is 66.0 cm³/mol. The average molecular weight is 229 g/mol. The molecule has 4 heteroatoms. The summed E-state index contributed by atoms with van der Waals surface area (Å²) < 4.78 is 5.44. The van der Waals surface area contributed by atoms with Crippen LogP contribution in [-0.2, 0) is 0 Å². The van der Waals surface area contributed by atoms with Gasteiger partial charge >= 0.3 is 0 Å². The second-order valence-corrected chi connectivity index (χ2v) is 4.41. The highest BCUT2D eigenvalue weighted by molar-refractivity contribution is 5.64. The lowest BCUT2D eigenvalue weighted by molar-refractivity contribution is 0.578. The van der Waals surface area contributed by atoms with Gasteiger partial charge in [0.2, 0.25) is 0 Å². The van der Waals surface area contributed by atoms with E-state index in [0.717, 1.165) is 28.7 Å². The Morgan fingerprint density at radius 1 is 1.35 bits per heavy atom. The van der Waals surface area contributed by atoms with Gasteiger partial charge in [-0.3, -0.25) is 0 Å². The highest BCUT2D eigenvalue weighted by atomic mass is 16.3. The Morgan fingerprint density at radius 3 is 2.76 bits per heavy atom. The number of aromatic nitrogens is 2. The number of furan rings is 1. The predicted octanol–water partition coefficient (Wildman–Crippen LogP) is 2.96. The minimum absolute atomic E-state index is 0.538. The topological polar surface area (TPSA) is 51.0 Å².